The number of hydrogen-bond acceptors (Lipinski definition) is 8. The molecule has 0 spiro atoms. The molecule has 0 bridgehead atoms. The van der Waals surface area contributed by atoms with Crippen molar-refractivity contribution in [3.05, 3.63) is 131 Å². The molecule has 1 fully saturated rings. The highest BCUT2D eigenvalue weighted by atomic mass is 16.5. The average Bonchev–Trinajstić information content (AvgIpc) is 3.88. The van der Waals surface area contributed by atoms with Crippen LogP contribution in [-0.2, 0) is 11.3 Å². The summed E-state index contributed by atoms with van der Waals surface area (Å²) < 4.78 is 11.5. The monoisotopic (exact) mass is 666 g/mol. The summed E-state index contributed by atoms with van der Waals surface area (Å²) in [7, 11) is 0. The normalized spacial score (nSPS) is 17.0. The number of benzene rings is 4. The van der Waals surface area contributed by atoms with E-state index in [0.29, 0.717) is 47.8 Å². The Morgan fingerprint density at radius 3 is 2.04 bits per heavy atom. The van der Waals surface area contributed by atoms with Gasteiger partial charge in [-0.1, -0.05) is 36.4 Å². The first-order valence-electron chi connectivity index (χ1n) is 16.0. The largest absolute Gasteiger partial charge is 0.508 e. The van der Waals surface area contributed by atoms with E-state index in [-0.39, 0.29) is 47.0 Å². The number of allylic oxidation sites excluding steroid dienone is 2. The first-order valence-corrected chi connectivity index (χ1v) is 16.0. The first-order chi connectivity index (χ1) is 24.3. The Balaban J connectivity index is 0.000000152. The lowest BCUT2D eigenvalue weighted by Crippen LogP contribution is -2.47. The summed E-state index contributed by atoms with van der Waals surface area (Å²) in [6.45, 7) is 1.80. The zero-order chi connectivity index (χ0) is 34.4. The Morgan fingerprint density at radius 1 is 0.740 bits per heavy atom. The minimum atomic E-state index is -0.220. The lowest BCUT2D eigenvalue weighted by Gasteiger charge is -2.27. The zero-order valence-electron chi connectivity index (χ0n) is 26.5. The van der Waals surface area contributed by atoms with E-state index in [9.17, 15) is 24.6 Å². The number of hydrogen-bond donors (Lipinski definition) is 5. The fraction of sp³-hybridized carbons (Fsp3) is 0.103. The highest BCUT2D eigenvalue weighted by molar-refractivity contribution is 6.16. The highest BCUT2D eigenvalue weighted by Crippen LogP contribution is 2.41. The number of piperazine rings is 1. The number of fused-ring (bicyclic) bond motifs is 4. The third-order valence-corrected chi connectivity index (χ3v) is 8.88. The summed E-state index contributed by atoms with van der Waals surface area (Å²) in [6, 6.07) is 23.3. The molecule has 3 aliphatic rings. The number of ketones is 2. The third kappa shape index (κ3) is 5.65. The van der Waals surface area contributed by atoms with Crippen LogP contribution in [0.2, 0.25) is 0 Å². The number of aromatic hydroxyl groups is 2. The molecule has 6 aromatic rings. The molecule has 5 N–H and O–H groups in total. The van der Waals surface area contributed by atoms with Crippen LogP contribution in [0.25, 0.3) is 34.0 Å². The van der Waals surface area contributed by atoms with Crippen LogP contribution in [0.5, 0.6) is 23.0 Å². The molecule has 0 aliphatic carbocycles. The fourth-order valence-electron chi connectivity index (χ4n) is 6.38. The molecule has 248 valence electrons. The second-order valence-corrected chi connectivity index (χ2v) is 12.1. The van der Waals surface area contributed by atoms with E-state index in [4.69, 9.17) is 9.47 Å². The standard InChI is InChI=1S/C22H19N3O4.C17H11NO3/c26-18-6-5-15-21(28)19(9-13-10-24-17-4-2-1-3-14(13)17)29-22(15)16(18)11-25-8-7-23-20(27)12-25;19-11-5-6-13-15(8-11)21-16(17(13)20)7-10-9-18-14-4-2-1-3-12(10)14/h1-6,9-10,24,26H,7-8,11-12H2,(H,23,27);1-9,18-19H/b19-9-;16-7-. The molecule has 3 aliphatic heterocycles. The van der Waals surface area contributed by atoms with Crippen LogP contribution in [0, 0.1) is 0 Å². The van der Waals surface area contributed by atoms with Gasteiger partial charge in [0.15, 0.2) is 11.5 Å². The van der Waals surface area contributed by atoms with Crippen molar-refractivity contribution in [3.63, 3.8) is 0 Å². The molecule has 1 saturated heterocycles. The summed E-state index contributed by atoms with van der Waals surface area (Å²) in [6.07, 6.45) is 7.12. The Hall–Kier alpha value is -6.59. The third-order valence-electron chi connectivity index (χ3n) is 8.88. The molecule has 0 saturated carbocycles. The Kier molecular flexibility index (Phi) is 7.65. The van der Waals surface area contributed by atoms with Gasteiger partial charge in [-0.3, -0.25) is 19.3 Å². The number of para-hydroxylation sites is 2. The van der Waals surface area contributed by atoms with Gasteiger partial charge in [0.25, 0.3) is 0 Å². The number of phenolic OH excluding ortho intramolecular Hbond substituents is 2. The van der Waals surface area contributed by atoms with Gasteiger partial charge in [-0.25, -0.2) is 0 Å². The average molecular weight is 667 g/mol. The van der Waals surface area contributed by atoms with Crippen molar-refractivity contribution >= 4 is 51.4 Å². The highest BCUT2D eigenvalue weighted by Gasteiger charge is 2.32. The summed E-state index contributed by atoms with van der Waals surface area (Å²) in [5.74, 6) is 0.927. The van der Waals surface area contributed by atoms with E-state index >= 15 is 0 Å². The summed E-state index contributed by atoms with van der Waals surface area (Å²) >= 11 is 0. The van der Waals surface area contributed by atoms with Gasteiger partial charge in [-0.15, -0.1) is 0 Å². The Bertz CT molecular complexity index is 2420. The second-order valence-electron chi connectivity index (χ2n) is 12.1. The van der Waals surface area contributed by atoms with Crippen LogP contribution in [0.15, 0.2) is 103 Å². The van der Waals surface area contributed by atoms with Gasteiger partial charge in [-0.2, -0.15) is 0 Å². The zero-order valence-corrected chi connectivity index (χ0v) is 26.5. The number of carbonyl (C=O) groups is 3. The van der Waals surface area contributed by atoms with Gasteiger partial charge in [-0.05, 0) is 48.6 Å². The molecule has 2 aromatic heterocycles. The van der Waals surface area contributed by atoms with Crippen molar-refractivity contribution < 1.29 is 34.1 Å². The van der Waals surface area contributed by atoms with Gasteiger partial charge < -0.3 is 35.0 Å². The maximum absolute atomic E-state index is 12.9. The first kappa shape index (κ1) is 30.7. The molecule has 0 atom stereocenters. The van der Waals surface area contributed by atoms with Crippen LogP contribution < -0.4 is 14.8 Å². The topological polar surface area (TPSA) is 157 Å². The summed E-state index contributed by atoms with van der Waals surface area (Å²) in [4.78, 5) is 45.1. The predicted octanol–water partition coefficient (Wildman–Crippen LogP) is 5.91. The Labute approximate surface area is 285 Å². The van der Waals surface area contributed by atoms with Crippen molar-refractivity contribution in [2.45, 2.75) is 6.54 Å². The summed E-state index contributed by atoms with van der Waals surface area (Å²) in [5.41, 5.74) is 5.15. The molecule has 0 unspecified atom stereocenters. The number of phenols is 2. The van der Waals surface area contributed by atoms with E-state index in [2.05, 4.69) is 15.3 Å². The van der Waals surface area contributed by atoms with E-state index in [1.165, 1.54) is 18.2 Å². The van der Waals surface area contributed by atoms with Crippen LogP contribution >= 0.6 is 0 Å². The molecule has 1 amide bonds. The molecule has 50 heavy (non-hydrogen) atoms. The van der Waals surface area contributed by atoms with Gasteiger partial charge in [0.05, 0.1) is 23.2 Å². The van der Waals surface area contributed by atoms with Crippen molar-refractivity contribution in [1.29, 1.82) is 0 Å². The Morgan fingerprint density at radius 2 is 1.36 bits per heavy atom. The van der Waals surface area contributed by atoms with Gasteiger partial charge >= 0.3 is 0 Å². The number of amides is 1. The lowest BCUT2D eigenvalue weighted by atomic mass is 10.0. The van der Waals surface area contributed by atoms with Gasteiger partial charge in [0.1, 0.15) is 23.0 Å². The fourth-order valence-corrected chi connectivity index (χ4v) is 6.38. The van der Waals surface area contributed by atoms with E-state index in [1.807, 2.05) is 65.8 Å². The maximum Gasteiger partial charge on any atom is 0.234 e. The van der Waals surface area contributed by atoms with Gasteiger partial charge in [0.2, 0.25) is 17.5 Å². The maximum atomic E-state index is 12.9. The van der Waals surface area contributed by atoms with E-state index < -0.39 is 0 Å². The molecule has 4 aromatic carbocycles. The molecule has 11 heteroatoms. The van der Waals surface area contributed by atoms with E-state index in [0.717, 1.165) is 32.9 Å². The summed E-state index contributed by atoms with van der Waals surface area (Å²) in [5, 5.41) is 24.7. The van der Waals surface area contributed by atoms with Crippen molar-refractivity contribution in [3.8, 4) is 23.0 Å². The number of nitrogens with one attached hydrogen (secondary N) is 3. The van der Waals surface area contributed by atoms with Crippen molar-refractivity contribution in [1.82, 2.24) is 20.2 Å². The SMILES string of the molecule is O=C1/C(=C/c2c[nH]c3ccccc23)Oc2cc(O)ccc21.O=C1CN(Cc2c(O)ccc3c2O/C(=C\c2c[nH]c4ccccc24)C3=O)CCN1. The molecular weight excluding hydrogens is 636 g/mol. The number of Topliss-reactive ketones (excluding diaryl/α,β-unsaturated/α-hetero) is 2. The van der Waals surface area contributed by atoms with Crippen molar-refractivity contribution in [2.75, 3.05) is 19.6 Å². The van der Waals surface area contributed by atoms with Crippen molar-refractivity contribution in [2.24, 2.45) is 0 Å². The van der Waals surface area contributed by atoms with Crippen LogP contribution in [0.1, 0.15) is 37.4 Å². The molecule has 0 radical (unpaired) electrons. The number of nitrogens with zero attached hydrogens (tertiary/aromatic N) is 1. The molecular formula is C39H30N4O7. The number of H-pyrrole nitrogens is 2. The number of aromatic nitrogens is 2. The van der Waals surface area contributed by atoms with Gasteiger partial charge in [0, 0.05) is 71.0 Å². The minimum Gasteiger partial charge on any atom is -0.508 e. The molecule has 9 rings (SSSR count). The lowest BCUT2D eigenvalue weighted by molar-refractivity contribution is -0.124. The quantitative estimate of drug-likeness (QED) is 0.145. The van der Waals surface area contributed by atoms with Crippen LogP contribution in [0.4, 0.5) is 0 Å². The van der Waals surface area contributed by atoms with Crippen LogP contribution in [0.3, 0.4) is 0 Å². The smallest absolute Gasteiger partial charge is 0.234 e. The number of aromatic amines is 2. The minimum absolute atomic E-state index is 0.0517. The second kappa shape index (κ2) is 12.5. The van der Waals surface area contributed by atoms with E-state index in [1.54, 1.807) is 24.3 Å². The molecule has 5 heterocycles. The number of ether oxygens (including phenoxy) is 2. The van der Waals surface area contributed by atoms with Crippen LogP contribution in [-0.4, -0.2) is 62.2 Å². The molecule has 11 nitrogen and oxygen atoms in total. The number of rotatable bonds is 4. The predicted molar refractivity (Wildman–Crippen MR) is 187 cm³/mol. The number of carbonyl (C=O) groups excluding carboxylic acids is 3.